The Bertz CT molecular complexity index is 1430. The summed E-state index contributed by atoms with van der Waals surface area (Å²) in [5.74, 6) is -0.0844. The first kappa shape index (κ1) is 24.7. The number of rotatable bonds is 7. The number of carbonyl (C=O) groups excluding carboxylic acids is 1. The second-order valence-corrected chi connectivity index (χ2v) is 9.18. The van der Waals surface area contributed by atoms with E-state index in [1.807, 2.05) is 25.1 Å². The summed E-state index contributed by atoms with van der Waals surface area (Å²) in [6.45, 7) is 5.47. The number of nitrogens with one attached hydrogen (secondary N) is 3. The number of benzene rings is 1. The molecule has 194 valence electrons. The molecule has 4 aromatic rings. The number of carbonyl (C=O) groups is 1. The van der Waals surface area contributed by atoms with Crippen LogP contribution in [0.3, 0.4) is 0 Å². The Kier molecular flexibility index (Phi) is 6.76. The summed E-state index contributed by atoms with van der Waals surface area (Å²) >= 11 is 0. The number of nitrogens with zero attached hydrogens (tertiary/aromatic N) is 6. The molecule has 4 heterocycles. The van der Waals surface area contributed by atoms with E-state index in [9.17, 15) is 9.18 Å². The molecule has 11 nitrogen and oxygen atoms in total. The van der Waals surface area contributed by atoms with Gasteiger partial charge in [-0.3, -0.25) is 14.4 Å². The quantitative estimate of drug-likeness (QED) is 0.350. The molecule has 0 radical (unpaired) electrons. The first-order valence-electron chi connectivity index (χ1n) is 12.0. The van der Waals surface area contributed by atoms with E-state index in [4.69, 9.17) is 4.74 Å². The van der Waals surface area contributed by atoms with E-state index in [0.29, 0.717) is 28.3 Å². The molecule has 1 amide bonds. The van der Waals surface area contributed by atoms with Gasteiger partial charge in [0.05, 0.1) is 36.7 Å². The van der Waals surface area contributed by atoms with Crippen molar-refractivity contribution in [3.05, 3.63) is 42.6 Å². The van der Waals surface area contributed by atoms with Crippen LogP contribution in [0.1, 0.15) is 6.92 Å². The normalized spacial score (nSPS) is 15.6. The third-order valence-corrected chi connectivity index (χ3v) is 6.67. The Morgan fingerprint density at radius 1 is 1.19 bits per heavy atom. The molecular formula is C25H30FN9O2. The van der Waals surface area contributed by atoms with Crippen molar-refractivity contribution < 1.29 is 13.9 Å². The Morgan fingerprint density at radius 3 is 2.73 bits per heavy atom. The van der Waals surface area contributed by atoms with Gasteiger partial charge in [-0.05, 0) is 20.0 Å². The van der Waals surface area contributed by atoms with Gasteiger partial charge < -0.3 is 25.3 Å². The molecule has 3 aromatic heterocycles. The number of anilines is 3. The maximum Gasteiger partial charge on any atom is 0.256 e. The Hall–Kier alpha value is -4.03. The number of hydrogen-bond acceptors (Lipinski definition) is 8. The summed E-state index contributed by atoms with van der Waals surface area (Å²) in [6.07, 6.45) is 4.52. The molecule has 0 spiro atoms. The first-order chi connectivity index (χ1) is 17.8. The van der Waals surface area contributed by atoms with Crippen LogP contribution in [0.5, 0.6) is 5.88 Å². The monoisotopic (exact) mass is 507 g/mol. The zero-order chi connectivity index (χ0) is 26.1. The van der Waals surface area contributed by atoms with Crippen molar-refractivity contribution in [1.29, 1.82) is 0 Å². The van der Waals surface area contributed by atoms with Crippen molar-refractivity contribution in [2.45, 2.75) is 13.0 Å². The number of likely N-dealkylation sites (N-methyl/N-ethyl adjacent to an activating group) is 1. The van der Waals surface area contributed by atoms with Crippen LogP contribution in [0.4, 0.5) is 21.7 Å². The lowest BCUT2D eigenvalue weighted by atomic mass is 10.1. The molecule has 1 saturated heterocycles. The fraction of sp³-hybridized carbons (Fsp3) is 0.360. The lowest BCUT2D eigenvalue weighted by Crippen LogP contribution is -2.51. The number of aromatic nitrogens is 5. The maximum atomic E-state index is 14.9. The predicted molar refractivity (Wildman–Crippen MR) is 139 cm³/mol. The van der Waals surface area contributed by atoms with Gasteiger partial charge in [0.15, 0.2) is 5.82 Å². The van der Waals surface area contributed by atoms with E-state index < -0.39 is 5.82 Å². The molecule has 0 bridgehead atoms. The van der Waals surface area contributed by atoms with E-state index in [0.717, 1.165) is 37.8 Å². The Labute approximate surface area is 213 Å². The molecule has 1 unspecified atom stereocenters. The van der Waals surface area contributed by atoms with Gasteiger partial charge in [-0.1, -0.05) is 12.1 Å². The van der Waals surface area contributed by atoms with E-state index >= 15 is 0 Å². The summed E-state index contributed by atoms with van der Waals surface area (Å²) in [5.41, 5.74) is 2.56. The Morgan fingerprint density at radius 2 is 1.97 bits per heavy atom. The smallest absolute Gasteiger partial charge is 0.256 e. The SMILES string of the molecule is COc1nn(C)cc1Nc1ncc(F)c(-c2c[nH]c3c(NC(=O)C(C)N4CCN(C)CC4)cccc23)n1. The third kappa shape index (κ3) is 4.98. The minimum Gasteiger partial charge on any atom is -0.478 e. The molecule has 1 fully saturated rings. The van der Waals surface area contributed by atoms with E-state index in [1.165, 1.54) is 7.11 Å². The van der Waals surface area contributed by atoms with Crippen LogP contribution < -0.4 is 15.4 Å². The number of amides is 1. The summed E-state index contributed by atoms with van der Waals surface area (Å²) in [4.78, 5) is 29.2. The van der Waals surface area contributed by atoms with Gasteiger partial charge in [-0.15, -0.1) is 5.10 Å². The number of aryl methyl sites for hydroxylation is 1. The zero-order valence-corrected chi connectivity index (χ0v) is 21.2. The summed E-state index contributed by atoms with van der Waals surface area (Å²) in [7, 11) is 5.36. The number of fused-ring (bicyclic) bond motifs is 1. The number of para-hydroxylation sites is 1. The lowest BCUT2D eigenvalue weighted by molar-refractivity contribution is -0.121. The molecular weight excluding hydrogens is 477 g/mol. The highest BCUT2D eigenvalue weighted by molar-refractivity contribution is 6.06. The van der Waals surface area contributed by atoms with Crippen molar-refractivity contribution in [2.75, 3.05) is 51.0 Å². The van der Waals surface area contributed by atoms with Crippen molar-refractivity contribution >= 4 is 34.1 Å². The predicted octanol–water partition coefficient (Wildman–Crippen LogP) is 2.82. The minimum atomic E-state index is -0.567. The molecule has 37 heavy (non-hydrogen) atoms. The molecule has 0 saturated carbocycles. The van der Waals surface area contributed by atoms with Gasteiger partial charge in [0.2, 0.25) is 11.9 Å². The second kappa shape index (κ2) is 10.1. The van der Waals surface area contributed by atoms with Gasteiger partial charge in [0.1, 0.15) is 11.4 Å². The van der Waals surface area contributed by atoms with Gasteiger partial charge in [0, 0.05) is 50.4 Å². The maximum absolute atomic E-state index is 14.9. The van der Waals surface area contributed by atoms with Crippen molar-refractivity contribution in [3.63, 3.8) is 0 Å². The van der Waals surface area contributed by atoms with E-state index in [2.05, 4.69) is 47.5 Å². The number of methoxy groups -OCH3 is 1. The fourth-order valence-electron chi connectivity index (χ4n) is 4.51. The summed E-state index contributed by atoms with van der Waals surface area (Å²) < 4.78 is 21.8. The van der Waals surface area contributed by atoms with Gasteiger partial charge in [-0.2, -0.15) is 0 Å². The van der Waals surface area contributed by atoms with Crippen molar-refractivity contribution in [2.24, 2.45) is 7.05 Å². The molecule has 12 heteroatoms. The summed E-state index contributed by atoms with van der Waals surface area (Å²) in [6, 6.07) is 5.25. The average Bonchev–Trinajstić information content (AvgIpc) is 3.48. The first-order valence-corrected chi connectivity index (χ1v) is 12.0. The average molecular weight is 508 g/mol. The van der Waals surface area contributed by atoms with Gasteiger partial charge in [-0.25, -0.2) is 14.4 Å². The van der Waals surface area contributed by atoms with E-state index in [-0.39, 0.29) is 23.6 Å². The fourth-order valence-corrected chi connectivity index (χ4v) is 4.51. The van der Waals surface area contributed by atoms with Crippen LogP contribution in [0, 0.1) is 5.82 Å². The highest BCUT2D eigenvalue weighted by Crippen LogP contribution is 2.34. The van der Waals surface area contributed by atoms with Crippen molar-refractivity contribution in [3.8, 4) is 17.1 Å². The van der Waals surface area contributed by atoms with Crippen LogP contribution in [0.2, 0.25) is 0 Å². The van der Waals surface area contributed by atoms with Crippen LogP contribution >= 0.6 is 0 Å². The molecule has 1 aromatic carbocycles. The van der Waals surface area contributed by atoms with Gasteiger partial charge in [0.25, 0.3) is 5.88 Å². The lowest BCUT2D eigenvalue weighted by Gasteiger charge is -2.35. The second-order valence-electron chi connectivity index (χ2n) is 9.18. The topological polar surface area (TPSA) is 116 Å². The number of H-pyrrole nitrogens is 1. The minimum absolute atomic E-state index is 0.0849. The van der Waals surface area contributed by atoms with E-state index in [1.54, 1.807) is 24.1 Å². The molecule has 1 aliphatic heterocycles. The number of ether oxygens (including phenoxy) is 1. The molecule has 1 atom stereocenters. The third-order valence-electron chi connectivity index (χ3n) is 6.67. The molecule has 5 rings (SSSR count). The molecule has 0 aliphatic carbocycles. The zero-order valence-electron chi connectivity index (χ0n) is 21.2. The van der Waals surface area contributed by atoms with Crippen molar-refractivity contribution in [1.82, 2.24) is 34.5 Å². The van der Waals surface area contributed by atoms with Crippen LogP contribution in [0.25, 0.3) is 22.2 Å². The summed E-state index contributed by atoms with van der Waals surface area (Å²) in [5, 5.41) is 11.0. The number of halogens is 1. The van der Waals surface area contributed by atoms with Crippen LogP contribution in [-0.4, -0.2) is 86.8 Å². The standard InChI is InChI=1S/C25H30FN9O2/c1-15(35-10-8-33(2)9-11-35)23(36)29-19-7-5-6-16-17(12-27-22(16)19)21-18(26)13-28-25(31-21)30-20-14-34(3)32-24(20)37-4/h5-7,12-15,27H,8-11H2,1-4H3,(H,29,36)(H,28,30,31). The van der Waals surface area contributed by atoms with Crippen LogP contribution in [0.15, 0.2) is 36.8 Å². The van der Waals surface area contributed by atoms with Gasteiger partial charge >= 0.3 is 0 Å². The number of aromatic amines is 1. The largest absolute Gasteiger partial charge is 0.478 e. The molecule has 1 aliphatic rings. The number of piperazine rings is 1. The molecule has 3 N–H and O–H groups in total. The van der Waals surface area contributed by atoms with Crippen LogP contribution in [-0.2, 0) is 11.8 Å². The Balaban J connectivity index is 1.40. The highest BCUT2D eigenvalue weighted by Gasteiger charge is 2.25. The number of hydrogen-bond donors (Lipinski definition) is 3. The highest BCUT2D eigenvalue weighted by atomic mass is 19.1.